The van der Waals surface area contributed by atoms with Gasteiger partial charge in [-0.2, -0.15) is 9.47 Å². The molecule has 1 unspecified atom stereocenters. The summed E-state index contributed by atoms with van der Waals surface area (Å²) in [5.74, 6) is 1.75. The lowest BCUT2D eigenvalue weighted by Crippen LogP contribution is -2.33. The Labute approximate surface area is 249 Å². The molecular weight excluding hydrogens is 550 g/mol. The number of nitrogens with one attached hydrogen (secondary N) is 2. The number of nitrogens with zero attached hydrogens (tertiary/aromatic N) is 7. The third kappa shape index (κ3) is 7.31. The molecule has 1 amide bonds. The zero-order chi connectivity index (χ0) is 29.5. The van der Waals surface area contributed by atoms with Crippen molar-refractivity contribution in [3.8, 4) is 17.0 Å². The molecule has 5 aromatic rings. The summed E-state index contributed by atoms with van der Waals surface area (Å²) >= 11 is 1.48. The van der Waals surface area contributed by atoms with Crippen LogP contribution in [0.3, 0.4) is 0 Å². The van der Waals surface area contributed by atoms with Crippen molar-refractivity contribution in [1.29, 1.82) is 0 Å². The SMILES string of the molecule is CCn1cc(-c2cnc3c(Nc4cc(CN5CCCC(C)C5)ns4)nc(C)cn23)cn1.O=CNCc1ccc(O)cc1. The minimum absolute atomic E-state index is 0.236. The van der Waals surface area contributed by atoms with Crippen LogP contribution in [0, 0.1) is 12.8 Å². The lowest BCUT2D eigenvalue weighted by Gasteiger charge is -2.30. The molecule has 4 aromatic heterocycles. The monoisotopic (exact) mass is 587 g/mol. The molecule has 0 bridgehead atoms. The molecule has 6 rings (SSSR count). The van der Waals surface area contributed by atoms with E-state index in [2.05, 4.69) is 54.3 Å². The van der Waals surface area contributed by atoms with Gasteiger partial charge in [0.1, 0.15) is 10.8 Å². The van der Waals surface area contributed by atoms with Crippen LogP contribution in [0.2, 0.25) is 0 Å². The van der Waals surface area contributed by atoms with Crippen molar-refractivity contribution in [3.05, 3.63) is 72.1 Å². The lowest BCUT2D eigenvalue weighted by atomic mass is 10.0. The first-order valence-corrected chi connectivity index (χ1v) is 15.0. The molecule has 12 heteroatoms. The highest BCUT2D eigenvalue weighted by atomic mass is 32.1. The summed E-state index contributed by atoms with van der Waals surface area (Å²) in [6, 6.07) is 8.82. The molecule has 1 saturated heterocycles. The second kappa shape index (κ2) is 13.6. The molecule has 1 aliphatic heterocycles. The highest BCUT2D eigenvalue weighted by Crippen LogP contribution is 2.28. The average molecular weight is 588 g/mol. The number of hydrogen-bond acceptors (Lipinski definition) is 9. The van der Waals surface area contributed by atoms with Crippen molar-refractivity contribution < 1.29 is 9.90 Å². The Kier molecular flexibility index (Phi) is 9.45. The van der Waals surface area contributed by atoms with Gasteiger partial charge in [-0.3, -0.25) is 18.8 Å². The largest absolute Gasteiger partial charge is 0.508 e. The maximum absolute atomic E-state index is 9.88. The molecule has 42 heavy (non-hydrogen) atoms. The molecule has 11 nitrogen and oxygen atoms in total. The Morgan fingerprint density at radius 3 is 2.76 bits per heavy atom. The third-order valence-electron chi connectivity index (χ3n) is 7.12. The van der Waals surface area contributed by atoms with Crippen molar-refractivity contribution in [2.75, 3.05) is 18.4 Å². The topological polar surface area (TPSA) is 126 Å². The van der Waals surface area contributed by atoms with Gasteiger partial charge in [-0.1, -0.05) is 19.1 Å². The Balaban J connectivity index is 0.000000271. The first-order chi connectivity index (χ1) is 20.4. The Bertz CT molecular complexity index is 1610. The zero-order valence-corrected chi connectivity index (χ0v) is 25.0. The molecule has 0 saturated carbocycles. The summed E-state index contributed by atoms with van der Waals surface area (Å²) in [5.41, 5.74) is 5.85. The maximum atomic E-state index is 9.88. The number of fused-ring (bicyclic) bond motifs is 1. The number of anilines is 2. The predicted octanol–water partition coefficient (Wildman–Crippen LogP) is 4.99. The van der Waals surface area contributed by atoms with E-state index in [-0.39, 0.29) is 5.75 Å². The Hall–Kier alpha value is -4.29. The van der Waals surface area contributed by atoms with Crippen molar-refractivity contribution >= 4 is 34.4 Å². The van der Waals surface area contributed by atoms with E-state index in [0.29, 0.717) is 13.0 Å². The van der Waals surface area contributed by atoms with Gasteiger partial charge in [-0.15, -0.1) is 0 Å². The summed E-state index contributed by atoms with van der Waals surface area (Å²) in [7, 11) is 0. The van der Waals surface area contributed by atoms with E-state index in [0.717, 1.165) is 76.8 Å². The number of amides is 1. The molecule has 1 atom stereocenters. The maximum Gasteiger partial charge on any atom is 0.207 e. The van der Waals surface area contributed by atoms with Crippen molar-refractivity contribution in [2.24, 2.45) is 5.92 Å². The molecule has 5 heterocycles. The second-order valence-electron chi connectivity index (χ2n) is 10.6. The molecule has 3 N–H and O–H groups in total. The predicted molar refractivity (Wildman–Crippen MR) is 165 cm³/mol. The number of imidazole rings is 1. The summed E-state index contributed by atoms with van der Waals surface area (Å²) in [6.07, 6.45) is 11.1. The minimum Gasteiger partial charge on any atom is -0.508 e. The van der Waals surface area contributed by atoms with E-state index < -0.39 is 0 Å². The molecular formula is C30H37N9O2S. The number of piperidine rings is 1. The van der Waals surface area contributed by atoms with Crippen LogP contribution in [0.1, 0.15) is 43.6 Å². The van der Waals surface area contributed by atoms with Gasteiger partial charge in [0.25, 0.3) is 0 Å². The van der Waals surface area contributed by atoms with Crippen LogP contribution in [0.5, 0.6) is 5.75 Å². The molecule has 1 aromatic carbocycles. The van der Waals surface area contributed by atoms with Gasteiger partial charge in [0, 0.05) is 44.1 Å². The highest BCUT2D eigenvalue weighted by molar-refractivity contribution is 7.10. The fourth-order valence-corrected chi connectivity index (χ4v) is 5.73. The first kappa shape index (κ1) is 29.2. The number of aromatic nitrogens is 6. The van der Waals surface area contributed by atoms with E-state index in [1.807, 2.05) is 36.4 Å². The van der Waals surface area contributed by atoms with E-state index in [1.54, 1.807) is 24.3 Å². The van der Waals surface area contributed by atoms with Crippen LogP contribution < -0.4 is 10.6 Å². The standard InChI is InChI=1S/C22H28N8S.C8H9NO2/c1-4-29-13-17(9-24-29)19-10-23-22-21(25-16(3)12-30(19)22)26-20-8-18(27-31-20)14-28-7-5-6-15(2)11-28;10-6-9-5-7-1-3-8(11)4-2-7/h8-10,12-13,15H,4-7,11,14H2,1-3H3,(H,25,26);1-4,6,11H,5H2,(H,9,10). The van der Waals surface area contributed by atoms with Crippen LogP contribution in [-0.4, -0.2) is 58.0 Å². The molecule has 0 spiro atoms. The van der Waals surface area contributed by atoms with Gasteiger partial charge in [0.05, 0.1) is 29.5 Å². The van der Waals surface area contributed by atoms with Gasteiger partial charge in [0.2, 0.25) is 6.41 Å². The lowest BCUT2D eigenvalue weighted by molar-refractivity contribution is -0.109. The summed E-state index contributed by atoms with van der Waals surface area (Å²) in [5, 5.41) is 20.3. The van der Waals surface area contributed by atoms with Gasteiger partial charge in [0.15, 0.2) is 11.5 Å². The average Bonchev–Trinajstić information content (AvgIpc) is 3.73. The van der Waals surface area contributed by atoms with E-state index >= 15 is 0 Å². The fraction of sp³-hybridized carbons (Fsp3) is 0.367. The Morgan fingerprint density at radius 2 is 2.02 bits per heavy atom. The third-order valence-corrected chi connectivity index (χ3v) is 7.86. The number of carbonyl (C=O) groups is 1. The number of benzene rings is 1. The fourth-order valence-electron chi connectivity index (χ4n) is 5.07. The smallest absolute Gasteiger partial charge is 0.207 e. The van der Waals surface area contributed by atoms with Crippen LogP contribution in [0.4, 0.5) is 10.8 Å². The zero-order valence-electron chi connectivity index (χ0n) is 24.2. The first-order valence-electron chi connectivity index (χ1n) is 14.2. The van der Waals surface area contributed by atoms with Gasteiger partial charge in [-0.05, 0) is 74.4 Å². The molecule has 1 fully saturated rings. The van der Waals surface area contributed by atoms with Crippen LogP contribution in [-0.2, 0) is 24.4 Å². The second-order valence-corrected chi connectivity index (χ2v) is 11.4. The number of rotatable bonds is 9. The molecule has 220 valence electrons. The minimum atomic E-state index is 0.236. The van der Waals surface area contributed by atoms with Crippen LogP contribution in [0.15, 0.2) is 55.1 Å². The normalized spacial score (nSPS) is 15.3. The van der Waals surface area contributed by atoms with Crippen LogP contribution in [0.25, 0.3) is 16.9 Å². The van der Waals surface area contributed by atoms with Crippen molar-refractivity contribution in [1.82, 2.24) is 38.7 Å². The highest BCUT2D eigenvalue weighted by Gasteiger charge is 2.18. The molecule has 0 radical (unpaired) electrons. The van der Waals surface area contributed by atoms with Gasteiger partial charge in [-0.25, -0.2) is 9.97 Å². The molecule has 1 aliphatic rings. The van der Waals surface area contributed by atoms with E-state index in [9.17, 15) is 4.79 Å². The van der Waals surface area contributed by atoms with Crippen molar-refractivity contribution in [2.45, 2.75) is 53.2 Å². The number of aryl methyl sites for hydroxylation is 2. The number of carbonyl (C=O) groups excluding carboxylic acids is 1. The summed E-state index contributed by atoms with van der Waals surface area (Å²) in [6.45, 7) is 11.0. The molecule has 0 aliphatic carbocycles. The Morgan fingerprint density at radius 1 is 1.19 bits per heavy atom. The van der Waals surface area contributed by atoms with Crippen LogP contribution >= 0.6 is 11.5 Å². The number of phenols is 1. The summed E-state index contributed by atoms with van der Waals surface area (Å²) in [4.78, 5) is 21.8. The van der Waals surface area contributed by atoms with Crippen molar-refractivity contribution in [3.63, 3.8) is 0 Å². The quantitative estimate of drug-likeness (QED) is 0.206. The summed E-state index contributed by atoms with van der Waals surface area (Å²) < 4.78 is 8.67. The number of hydrogen-bond donors (Lipinski definition) is 3. The van der Waals surface area contributed by atoms with Gasteiger partial charge < -0.3 is 15.7 Å². The number of aromatic hydroxyl groups is 1. The van der Waals surface area contributed by atoms with Gasteiger partial charge >= 0.3 is 0 Å². The van der Waals surface area contributed by atoms with E-state index in [4.69, 9.17) is 10.1 Å². The number of phenolic OH excluding ortho intramolecular Hbond substituents is 1. The number of likely N-dealkylation sites (tertiary alicyclic amines) is 1. The van der Waals surface area contributed by atoms with E-state index in [1.165, 1.54) is 24.4 Å².